The maximum absolute atomic E-state index is 12.7. The number of hydrogen-bond acceptors (Lipinski definition) is 6. The second-order valence-electron chi connectivity index (χ2n) is 6.93. The molecule has 8 heteroatoms. The number of carbonyl (C=O) groups excluding carboxylic acids is 1. The second kappa shape index (κ2) is 7.92. The molecule has 8 nitrogen and oxygen atoms in total. The Hall–Kier alpha value is -2.32. The maximum atomic E-state index is 12.7. The van der Waals surface area contributed by atoms with Gasteiger partial charge in [0, 0.05) is 44.9 Å². The second-order valence-corrected chi connectivity index (χ2v) is 6.93. The normalized spacial score (nSPS) is 21.2. The van der Waals surface area contributed by atoms with Gasteiger partial charge in [-0.2, -0.15) is 0 Å². The fourth-order valence-electron chi connectivity index (χ4n) is 3.58. The third kappa shape index (κ3) is 4.08. The van der Waals surface area contributed by atoms with Crippen LogP contribution in [0.4, 0.5) is 0 Å². The monoisotopic (exact) mass is 356 g/mol. The van der Waals surface area contributed by atoms with Gasteiger partial charge in [0.25, 0.3) is 5.91 Å². The van der Waals surface area contributed by atoms with E-state index in [0.717, 1.165) is 56.9 Å². The van der Waals surface area contributed by atoms with Crippen LogP contribution in [0.1, 0.15) is 28.8 Å². The van der Waals surface area contributed by atoms with Crippen LogP contribution in [0, 0.1) is 0 Å². The molecule has 0 radical (unpaired) electrons. The standard InChI is InChI=1S/C18H24N6O2/c25-18(16-5-3-15(4-6-16)12-24-14-19-20-21-24)23-9-7-22(8-10-23)13-17-2-1-11-26-17/h3-6,14,17H,1-2,7-13H2/t17-/m1/s1. The smallest absolute Gasteiger partial charge is 0.253 e. The van der Waals surface area contributed by atoms with Crippen LogP contribution in [0.15, 0.2) is 30.6 Å². The van der Waals surface area contributed by atoms with Crippen molar-refractivity contribution in [1.82, 2.24) is 30.0 Å². The van der Waals surface area contributed by atoms with Crippen LogP contribution in [-0.4, -0.2) is 81.3 Å². The Labute approximate surface area is 152 Å². The number of benzene rings is 1. The van der Waals surface area contributed by atoms with Gasteiger partial charge < -0.3 is 9.64 Å². The summed E-state index contributed by atoms with van der Waals surface area (Å²) in [5, 5.41) is 11.1. The van der Waals surface area contributed by atoms with Crippen LogP contribution in [-0.2, 0) is 11.3 Å². The Bertz CT molecular complexity index is 704. The SMILES string of the molecule is O=C(c1ccc(Cn2cnnn2)cc1)N1CCN(C[C@H]2CCCO2)CC1. The maximum Gasteiger partial charge on any atom is 0.253 e. The average molecular weight is 356 g/mol. The molecule has 2 fully saturated rings. The molecule has 0 N–H and O–H groups in total. The zero-order valence-electron chi connectivity index (χ0n) is 14.8. The third-order valence-electron chi connectivity index (χ3n) is 5.08. The minimum Gasteiger partial charge on any atom is -0.377 e. The molecular formula is C18H24N6O2. The molecular weight excluding hydrogens is 332 g/mol. The van der Waals surface area contributed by atoms with Gasteiger partial charge in [-0.1, -0.05) is 12.1 Å². The van der Waals surface area contributed by atoms with Gasteiger partial charge in [0.05, 0.1) is 12.6 Å². The Kier molecular flexibility index (Phi) is 5.21. The summed E-state index contributed by atoms with van der Waals surface area (Å²) in [5.41, 5.74) is 1.80. The van der Waals surface area contributed by atoms with Gasteiger partial charge in [0.1, 0.15) is 6.33 Å². The predicted octanol–water partition coefficient (Wildman–Crippen LogP) is 0.658. The van der Waals surface area contributed by atoms with Crippen LogP contribution in [0.3, 0.4) is 0 Å². The van der Waals surface area contributed by atoms with E-state index < -0.39 is 0 Å². The summed E-state index contributed by atoms with van der Waals surface area (Å²) in [7, 11) is 0. The fourth-order valence-corrected chi connectivity index (χ4v) is 3.58. The van der Waals surface area contributed by atoms with Crippen LogP contribution < -0.4 is 0 Å². The molecule has 0 bridgehead atoms. The Morgan fingerprint density at radius 3 is 2.62 bits per heavy atom. The lowest BCUT2D eigenvalue weighted by Crippen LogP contribution is -2.50. The van der Waals surface area contributed by atoms with Gasteiger partial charge in [-0.25, -0.2) is 4.68 Å². The van der Waals surface area contributed by atoms with Gasteiger partial charge >= 0.3 is 0 Å². The molecule has 138 valence electrons. The number of ether oxygens (including phenoxy) is 1. The number of rotatable bonds is 5. The van der Waals surface area contributed by atoms with Gasteiger partial charge in [-0.15, -0.1) is 5.10 Å². The van der Waals surface area contributed by atoms with Crippen molar-refractivity contribution in [1.29, 1.82) is 0 Å². The van der Waals surface area contributed by atoms with Crippen molar-refractivity contribution in [2.24, 2.45) is 0 Å². The summed E-state index contributed by atoms with van der Waals surface area (Å²) >= 11 is 0. The first-order chi connectivity index (χ1) is 12.8. The highest BCUT2D eigenvalue weighted by Crippen LogP contribution is 2.16. The van der Waals surface area contributed by atoms with Crippen molar-refractivity contribution in [3.05, 3.63) is 41.7 Å². The quantitative estimate of drug-likeness (QED) is 0.783. The highest BCUT2D eigenvalue weighted by molar-refractivity contribution is 5.94. The molecule has 0 unspecified atom stereocenters. The van der Waals surface area contributed by atoms with E-state index in [4.69, 9.17) is 4.74 Å². The number of nitrogens with zero attached hydrogens (tertiary/aromatic N) is 6. The van der Waals surface area contributed by atoms with E-state index in [1.165, 1.54) is 6.42 Å². The first-order valence-electron chi connectivity index (χ1n) is 9.21. The van der Waals surface area contributed by atoms with Crippen molar-refractivity contribution >= 4 is 5.91 Å². The molecule has 2 aliphatic rings. The minimum atomic E-state index is 0.107. The highest BCUT2D eigenvalue weighted by Gasteiger charge is 2.25. The van der Waals surface area contributed by atoms with Crippen LogP contribution in [0.5, 0.6) is 0 Å². The number of hydrogen-bond donors (Lipinski definition) is 0. The van der Waals surface area contributed by atoms with Crippen molar-refractivity contribution in [3.8, 4) is 0 Å². The van der Waals surface area contributed by atoms with Crippen LogP contribution >= 0.6 is 0 Å². The molecule has 2 saturated heterocycles. The molecule has 2 aliphatic heterocycles. The van der Waals surface area contributed by atoms with E-state index in [1.54, 1.807) is 11.0 Å². The molecule has 1 amide bonds. The third-order valence-corrected chi connectivity index (χ3v) is 5.08. The zero-order chi connectivity index (χ0) is 17.8. The molecule has 1 aromatic heterocycles. The summed E-state index contributed by atoms with van der Waals surface area (Å²) in [5.74, 6) is 0.107. The van der Waals surface area contributed by atoms with Gasteiger partial charge in [0.2, 0.25) is 0 Å². The van der Waals surface area contributed by atoms with Gasteiger partial charge in [0.15, 0.2) is 0 Å². The first-order valence-corrected chi connectivity index (χ1v) is 9.21. The molecule has 1 atom stereocenters. The Morgan fingerprint density at radius 1 is 1.15 bits per heavy atom. The lowest BCUT2D eigenvalue weighted by molar-refractivity contribution is 0.0432. The van der Waals surface area contributed by atoms with Crippen molar-refractivity contribution in [3.63, 3.8) is 0 Å². The molecule has 3 heterocycles. The lowest BCUT2D eigenvalue weighted by Gasteiger charge is -2.35. The number of tetrazole rings is 1. The van der Waals surface area contributed by atoms with Gasteiger partial charge in [-0.3, -0.25) is 9.69 Å². The number of aromatic nitrogens is 4. The lowest BCUT2D eigenvalue weighted by atomic mass is 10.1. The Morgan fingerprint density at radius 2 is 1.96 bits per heavy atom. The predicted molar refractivity (Wildman–Crippen MR) is 94.7 cm³/mol. The summed E-state index contributed by atoms with van der Waals surface area (Å²) in [6, 6.07) is 7.70. The molecule has 26 heavy (non-hydrogen) atoms. The summed E-state index contributed by atoms with van der Waals surface area (Å²) in [6.45, 7) is 5.88. The summed E-state index contributed by atoms with van der Waals surface area (Å²) in [6.07, 6.45) is 4.29. The number of amides is 1. The highest BCUT2D eigenvalue weighted by atomic mass is 16.5. The summed E-state index contributed by atoms with van der Waals surface area (Å²) in [4.78, 5) is 17.1. The van der Waals surface area contributed by atoms with Gasteiger partial charge in [-0.05, 0) is 41.0 Å². The molecule has 4 rings (SSSR count). The van der Waals surface area contributed by atoms with Crippen LogP contribution in [0.2, 0.25) is 0 Å². The van der Waals surface area contributed by atoms with E-state index in [-0.39, 0.29) is 5.91 Å². The van der Waals surface area contributed by atoms with Crippen molar-refractivity contribution in [2.45, 2.75) is 25.5 Å². The molecule has 0 spiro atoms. The molecule has 0 saturated carbocycles. The number of piperazine rings is 1. The molecule has 0 aliphatic carbocycles. The fraction of sp³-hybridized carbons (Fsp3) is 0.556. The average Bonchev–Trinajstić information content (AvgIpc) is 3.37. The molecule has 1 aromatic carbocycles. The van der Waals surface area contributed by atoms with E-state index in [2.05, 4.69) is 20.4 Å². The number of carbonyl (C=O) groups is 1. The van der Waals surface area contributed by atoms with Crippen LogP contribution in [0.25, 0.3) is 0 Å². The van der Waals surface area contributed by atoms with E-state index in [0.29, 0.717) is 12.6 Å². The molecule has 2 aromatic rings. The summed E-state index contributed by atoms with van der Waals surface area (Å²) < 4.78 is 7.37. The van der Waals surface area contributed by atoms with E-state index in [9.17, 15) is 4.79 Å². The van der Waals surface area contributed by atoms with E-state index in [1.807, 2.05) is 29.2 Å². The minimum absolute atomic E-state index is 0.107. The topological polar surface area (TPSA) is 76.4 Å². The van der Waals surface area contributed by atoms with E-state index >= 15 is 0 Å². The van der Waals surface area contributed by atoms with Crippen molar-refractivity contribution < 1.29 is 9.53 Å². The zero-order valence-corrected chi connectivity index (χ0v) is 14.8. The first kappa shape index (κ1) is 17.1. The van der Waals surface area contributed by atoms with Crippen molar-refractivity contribution in [2.75, 3.05) is 39.3 Å². The Balaban J connectivity index is 1.29. The largest absolute Gasteiger partial charge is 0.377 e.